The van der Waals surface area contributed by atoms with Crippen LogP contribution in [-0.4, -0.2) is 46.1 Å². The monoisotopic (exact) mass is 423 g/mol. The number of imidazole rings is 1. The number of fused-ring (bicyclic) bond motifs is 2. The fraction of sp³-hybridized carbons (Fsp3) is 0.200. The van der Waals surface area contributed by atoms with Crippen molar-refractivity contribution in [3.63, 3.8) is 0 Å². The van der Waals surface area contributed by atoms with Crippen LogP contribution in [0.25, 0.3) is 11.0 Å². The van der Waals surface area contributed by atoms with Crippen molar-refractivity contribution >= 4 is 34.6 Å². The topological polar surface area (TPSA) is 146 Å². The van der Waals surface area contributed by atoms with E-state index in [0.29, 0.717) is 33.8 Å². The first kappa shape index (κ1) is 18.7. The molecule has 0 saturated carbocycles. The van der Waals surface area contributed by atoms with Crippen molar-refractivity contribution in [1.29, 1.82) is 0 Å². The van der Waals surface area contributed by atoms with Gasteiger partial charge < -0.3 is 30.1 Å². The number of urea groups is 1. The Morgan fingerprint density at radius 2 is 1.84 bits per heavy atom. The summed E-state index contributed by atoms with van der Waals surface area (Å²) in [7, 11) is 0. The van der Waals surface area contributed by atoms with E-state index in [-0.39, 0.29) is 12.5 Å². The summed E-state index contributed by atoms with van der Waals surface area (Å²) in [6.45, 7) is 1.19. The molecule has 3 aromatic rings. The molecule has 158 valence electrons. The molecule has 2 aromatic carbocycles. The molecule has 0 radical (unpaired) electrons. The number of rotatable bonds is 4. The van der Waals surface area contributed by atoms with Gasteiger partial charge in [0.2, 0.25) is 12.7 Å². The zero-order chi connectivity index (χ0) is 21.8. The number of hydrogen-bond donors (Lipinski definition) is 4. The minimum absolute atomic E-state index is 0.0878. The number of amides is 4. The van der Waals surface area contributed by atoms with Gasteiger partial charge in [0.25, 0.3) is 5.91 Å². The van der Waals surface area contributed by atoms with E-state index in [1.54, 1.807) is 43.3 Å². The summed E-state index contributed by atoms with van der Waals surface area (Å²) < 4.78 is 10.6. The first-order valence-corrected chi connectivity index (χ1v) is 9.40. The first-order valence-electron chi connectivity index (χ1n) is 9.40. The largest absolute Gasteiger partial charge is 0.454 e. The van der Waals surface area contributed by atoms with Gasteiger partial charge in [-0.3, -0.25) is 14.5 Å². The number of imide groups is 1. The fourth-order valence-electron chi connectivity index (χ4n) is 3.70. The molecule has 2 aliphatic rings. The van der Waals surface area contributed by atoms with Crippen molar-refractivity contribution < 1.29 is 23.9 Å². The van der Waals surface area contributed by atoms with Gasteiger partial charge in [-0.25, -0.2) is 9.59 Å². The highest BCUT2D eigenvalue weighted by Gasteiger charge is 2.49. The van der Waals surface area contributed by atoms with E-state index in [0.717, 1.165) is 4.90 Å². The van der Waals surface area contributed by atoms with Gasteiger partial charge in [0.15, 0.2) is 11.5 Å². The van der Waals surface area contributed by atoms with Crippen LogP contribution in [0.5, 0.6) is 11.5 Å². The van der Waals surface area contributed by atoms with Crippen molar-refractivity contribution in [3.8, 4) is 11.5 Å². The van der Waals surface area contributed by atoms with Gasteiger partial charge >= 0.3 is 11.7 Å². The number of hydrogen-bond acceptors (Lipinski definition) is 6. The lowest BCUT2D eigenvalue weighted by molar-refractivity contribution is -0.133. The molecular formula is C20H17N5O6. The molecule has 0 bridgehead atoms. The second-order valence-electron chi connectivity index (χ2n) is 7.40. The van der Waals surface area contributed by atoms with Crippen LogP contribution >= 0.6 is 0 Å². The van der Waals surface area contributed by atoms with Crippen LogP contribution in [0.15, 0.2) is 41.2 Å². The molecule has 11 nitrogen and oxygen atoms in total. The Morgan fingerprint density at radius 3 is 2.68 bits per heavy atom. The average Bonchev–Trinajstić information content (AvgIpc) is 3.40. The maximum atomic E-state index is 13.1. The zero-order valence-corrected chi connectivity index (χ0v) is 16.3. The summed E-state index contributed by atoms with van der Waals surface area (Å²) >= 11 is 0. The number of anilines is 1. The Balaban J connectivity index is 1.33. The van der Waals surface area contributed by atoms with E-state index >= 15 is 0 Å². The quantitative estimate of drug-likeness (QED) is 0.461. The van der Waals surface area contributed by atoms with Crippen LogP contribution in [0, 0.1) is 0 Å². The fourth-order valence-corrected chi connectivity index (χ4v) is 3.70. The van der Waals surface area contributed by atoms with Gasteiger partial charge in [0, 0.05) is 5.69 Å². The predicted molar refractivity (Wildman–Crippen MR) is 108 cm³/mol. The SMILES string of the molecule is CC1(c2ccc3c(c2)OCO3)NC(=O)N(CC(=O)Nc2ccc3[nH]c(=O)[nH]c3c2)C1=O. The number of H-pyrrole nitrogens is 2. The number of nitrogens with zero attached hydrogens (tertiary/aromatic N) is 1. The highest BCUT2D eigenvalue weighted by Crippen LogP contribution is 2.37. The van der Waals surface area contributed by atoms with Gasteiger partial charge in [-0.2, -0.15) is 0 Å². The Hall–Kier alpha value is -4.28. The van der Waals surface area contributed by atoms with Crippen molar-refractivity contribution in [2.45, 2.75) is 12.5 Å². The third kappa shape index (κ3) is 3.06. The van der Waals surface area contributed by atoms with Crippen molar-refractivity contribution in [1.82, 2.24) is 20.2 Å². The molecule has 3 heterocycles. The summed E-state index contributed by atoms with van der Waals surface area (Å²) in [5.74, 6) is -0.0798. The summed E-state index contributed by atoms with van der Waals surface area (Å²) in [6.07, 6.45) is 0. The predicted octanol–water partition coefficient (Wildman–Crippen LogP) is 0.991. The number of aromatic nitrogens is 2. The van der Waals surface area contributed by atoms with E-state index in [1.165, 1.54) is 0 Å². The van der Waals surface area contributed by atoms with Crippen molar-refractivity contribution in [3.05, 3.63) is 52.4 Å². The molecule has 4 amide bonds. The van der Waals surface area contributed by atoms with Crippen molar-refractivity contribution in [2.75, 3.05) is 18.7 Å². The normalized spacial score (nSPS) is 19.7. The van der Waals surface area contributed by atoms with Crippen molar-refractivity contribution in [2.24, 2.45) is 0 Å². The van der Waals surface area contributed by atoms with Crippen LogP contribution in [0.2, 0.25) is 0 Å². The molecule has 0 spiro atoms. The molecule has 2 aliphatic heterocycles. The van der Waals surface area contributed by atoms with E-state index in [9.17, 15) is 19.2 Å². The number of ether oxygens (including phenoxy) is 2. The third-order valence-corrected chi connectivity index (χ3v) is 5.33. The Kier molecular flexibility index (Phi) is 4.00. The van der Waals surface area contributed by atoms with Gasteiger partial charge in [-0.1, -0.05) is 6.07 Å². The zero-order valence-electron chi connectivity index (χ0n) is 16.3. The van der Waals surface area contributed by atoms with E-state index in [4.69, 9.17) is 9.47 Å². The standard InChI is InChI=1S/C20H17N5O6/c1-20(10-2-5-14-15(6-10)31-9-30-14)17(27)25(19(29)24-20)8-16(26)21-11-3-4-12-13(7-11)23-18(28)22-12/h2-7H,8-9H2,1H3,(H,21,26)(H,24,29)(H2,22,23,28). The summed E-state index contributed by atoms with van der Waals surface area (Å²) in [5, 5.41) is 5.28. The van der Waals surface area contributed by atoms with E-state index in [1.807, 2.05) is 0 Å². The molecule has 11 heteroatoms. The van der Waals surface area contributed by atoms with Gasteiger partial charge in [-0.05, 0) is 42.8 Å². The minimum atomic E-state index is -1.35. The molecule has 1 fully saturated rings. The van der Waals surface area contributed by atoms with Crippen LogP contribution < -0.4 is 25.8 Å². The lowest BCUT2D eigenvalue weighted by atomic mass is 9.91. The summed E-state index contributed by atoms with van der Waals surface area (Å²) in [4.78, 5) is 55.5. The van der Waals surface area contributed by atoms with E-state index in [2.05, 4.69) is 20.6 Å². The molecule has 1 saturated heterocycles. The second-order valence-corrected chi connectivity index (χ2v) is 7.40. The number of carbonyl (C=O) groups is 3. The number of aromatic amines is 2. The lowest BCUT2D eigenvalue weighted by Crippen LogP contribution is -2.42. The molecule has 5 rings (SSSR count). The van der Waals surface area contributed by atoms with Gasteiger partial charge in [-0.15, -0.1) is 0 Å². The maximum absolute atomic E-state index is 13.1. The smallest absolute Gasteiger partial charge is 0.325 e. The number of nitrogens with one attached hydrogen (secondary N) is 4. The molecule has 4 N–H and O–H groups in total. The molecule has 0 aliphatic carbocycles. The second kappa shape index (κ2) is 6.62. The van der Waals surface area contributed by atoms with Crippen LogP contribution in [0.3, 0.4) is 0 Å². The van der Waals surface area contributed by atoms with Gasteiger partial charge in [0.1, 0.15) is 12.1 Å². The third-order valence-electron chi connectivity index (χ3n) is 5.33. The number of benzene rings is 2. The Bertz CT molecular complexity index is 1310. The average molecular weight is 423 g/mol. The van der Waals surface area contributed by atoms with Gasteiger partial charge in [0.05, 0.1) is 11.0 Å². The van der Waals surface area contributed by atoms with Crippen LogP contribution in [0.4, 0.5) is 10.5 Å². The molecule has 31 heavy (non-hydrogen) atoms. The molecule has 1 unspecified atom stereocenters. The first-order chi connectivity index (χ1) is 14.8. The lowest BCUT2D eigenvalue weighted by Gasteiger charge is -2.22. The summed E-state index contributed by atoms with van der Waals surface area (Å²) in [6, 6.07) is 9.11. The van der Waals surface area contributed by atoms with Crippen LogP contribution in [0.1, 0.15) is 12.5 Å². The highest BCUT2D eigenvalue weighted by atomic mass is 16.7. The minimum Gasteiger partial charge on any atom is -0.454 e. The Labute approximate surface area is 174 Å². The number of carbonyl (C=O) groups excluding carboxylic acids is 3. The highest BCUT2D eigenvalue weighted by molar-refractivity contribution is 6.10. The summed E-state index contributed by atoms with van der Waals surface area (Å²) in [5.41, 5.74) is 0.339. The van der Waals surface area contributed by atoms with Crippen LogP contribution in [-0.2, 0) is 15.1 Å². The maximum Gasteiger partial charge on any atom is 0.325 e. The molecule has 1 aromatic heterocycles. The Morgan fingerprint density at radius 1 is 1.06 bits per heavy atom. The molecular weight excluding hydrogens is 406 g/mol. The molecule has 1 atom stereocenters. The van der Waals surface area contributed by atoms with E-state index < -0.39 is 29.9 Å².